The van der Waals surface area contributed by atoms with Crippen LogP contribution in [0.2, 0.25) is 0 Å². The van der Waals surface area contributed by atoms with E-state index in [2.05, 4.69) is 64.2 Å². The Morgan fingerprint density at radius 3 is 2.16 bits per heavy atom. The van der Waals surface area contributed by atoms with Gasteiger partial charge in [0.1, 0.15) is 0 Å². The minimum atomic E-state index is 0.116. The minimum Gasteiger partial charge on any atom is -0.392 e. The maximum atomic E-state index is 9.11. The summed E-state index contributed by atoms with van der Waals surface area (Å²) in [7, 11) is 2.18. The fraction of sp³-hybridized carbons (Fsp3) is 0.429. The zero-order valence-electron chi connectivity index (χ0n) is 15.1. The van der Waals surface area contributed by atoms with Gasteiger partial charge in [0.15, 0.2) is 0 Å². The third kappa shape index (κ3) is 5.30. The van der Waals surface area contributed by atoms with Crippen LogP contribution in [0.3, 0.4) is 0 Å². The number of benzene rings is 2. The highest BCUT2D eigenvalue weighted by Crippen LogP contribution is 2.15. The number of likely N-dealkylation sites (N-methyl/N-ethyl adjacent to an activating group) is 1. The molecule has 4 nitrogen and oxygen atoms in total. The summed E-state index contributed by atoms with van der Waals surface area (Å²) in [6.07, 6.45) is 0. The van der Waals surface area contributed by atoms with E-state index in [4.69, 9.17) is 5.11 Å². The highest BCUT2D eigenvalue weighted by Gasteiger charge is 2.17. The molecule has 1 heterocycles. The molecule has 134 valence electrons. The van der Waals surface area contributed by atoms with Crippen LogP contribution >= 0.6 is 0 Å². The number of hydrogen-bond donors (Lipinski definition) is 1. The molecule has 0 radical (unpaired) electrons. The molecule has 1 N–H and O–H groups in total. The number of nitrogens with zero attached hydrogens (tertiary/aromatic N) is 3. The van der Waals surface area contributed by atoms with Gasteiger partial charge in [0, 0.05) is 51.5 Å². The highest BCUT2D eigenvalue weighted by atomic mass is 16.3. The van der Waals surface area contributed by atoms with Crippen molar-refractivity contribution in [2.75, 3.05) is 51.2 Å². The summed E-state index contributed by atoms with van der Waals surface area (Å²) in [5.74, 6) is 0. The van der Waals surface area contributed by atoms with Crippen LogP contribution in [-0.4, -0.2) is 61.2 Å². The first kappa shape index (κ1) is 17.9. The van der Waals surface area contributed by atoms with Gasteiger partial charge in [-0.25, -0.2) is 0 Å². The van der Waals surface area contributed by atoms with Crippen LogP contribution in [0.25, 0.3) is 0 Å². The van der Waals surface area contributed by atoms with E-state index in [1.165, 1.54) is 11.3 Å². The van der Waals surface area contributed by atoms with E-state index in [1.807, 2.05) is 12.1 Å². The van der Waals surface area contributed by atoms with Gasteiger partial charge in [-0.1, -0.05) is 42.5 Å². The van der Waals surface area contributed by atoms with Crippen LogP contribution in [-0.2, 0) is 13.2 Å². The van der Waals surface area contributed by atoms with Crippen molar-refractivity contribution < 1.29 is 5.11 Å². The number of piperazine rings is 1. The van der Waals surface area contributed by atoms with E-state index >= 15 is 0 Å². The molecule has 1 aliphatic heterocycles. The van der Waals surface area contributed by atoms with Crippen molar-refractivity contribution in [3.8, 4) is 0 Å². The summed E-state index contributed by atoms with van der Waals surface area (Å²) in [6, 6.07) is 18.9. The lowest BCUT2D eigenvalue weighted by Gasteiger charge is -2.36. The summed E-state index contributed by atoms with van der Waals surface area (Å²) in [5, 5.41) is 9.11. The van der Waals surface area contributed by atoms with Gasteiger partial charge in [-0.05, 0) is 30.3 Å². The number of hydrogen-bond acceptors (Lipinski definition) is 4. The summed E-state index contributed by atoms with van der Waals surface area (Å²) in [4.78, 5) is 7.41. The smallest absolute Gasteiger partial charge is 0.0681 e. The number of aliphatic hydroxyl groups is 1. The number of para-hydroxylation sites is 1. The van der Waals surface area contributed by atoms with Gasteiger partial charge in [-0.2, -0.15) is 0 Å². The third-order valence-corrected chi connectivity index (χ3v) is 4.95. The minimum absolute atomic E-state index is 0.116. The Morgan fingerprint density at radius 2 is 1.52 bits per heavy atom. The summed E-state index contributed by atoms with van der Waals surface area (Å²) in [6.45, 7) is 7.75. The van der Waals surface area contributed by atoms with E-state index in [-0.39, 0.29) is 6.61 Å². The Balaban J connectivity index is 1.39. The molecule has 0 saturated carbocycles. The predicted octanol–water partition coefficient (Wildman–Crippen LogP) is 2.43. The molecular weight excluding hydrogens is 310 g/mol. The summed E-state index contributed by atoms with van der Waals surface area (Å²) in [5.41, 5.74) is 3.61. The van der Waals surface area contributed by atoms with Crippen LogP contribution in [0, 0.1) is 0 Å². The lowest BCUT2D eigenvalue weighted by molar-refractivity contribution is 0.212. The number of anilines is 1. The molecule has 0 unspecified atom stereocenters. The molecule has 0 atom stereocenters. The molecule has 0 aliphatic carbocycles. The molecule has 2 aromatic rings. The van der Waals surface area contributed by atoms with Crippen LogP contribution in [0.4, 0.5) is 5.69 Å². The molecule has 4 heteroatoms. The van der Waals surface area contributed by atoms with Crippen molar-refractivity contribution in [3.05, 3.63) is 65.7 Å². The predicted molar refractivity (Wildman–Crippen MR) is 104 cm³/mol. The normalized spacial score (nSPS) is 15.7. The van der Waals surface area contributed by atoms with Crippen molar-refractivity contribution in [2.24, 2.45) is 0 Å². The Hall–Kier alpha value is -1.88. The maximum absolute atomic E-state index is 9.11. The molecule has 25 heavy (non-hydrogen) atoms. The first-order valence-electron chi connectivity index (χ1n) is 9.14. The van der Waals surface area contributed by atoms with Gasteiger partial charge in [-0.3, -0.25) is 4.90 Å². The van der Waals surface area contributed by atoms with Crippen LogP contribution in [0.1, 0.15) is 11.1 Å². The van der Waals surface area contributed by atoms with Gasteiger partial charge in [0.25, 0.3) is 0 Å². The summed E-state index contributed by atoms with van der Waals surface area (Å²) >= 11 is 0. The zero-order valence-corrected chi connectivity index (χ0v) is 15.1. The number of rotatable bonds is 7. The second kappa shape index (κ2) is 8.99. The van der Waals surface area contributed by atoms with Crippen molar-refractivity contribution in [3.63, 3.8) is 0 Å². The van der Waals surface area contributed by atoms with E-state index in [0.29, 0.717) is 0 Å². The number of aliphatic hydroxyl groups excluding tert-OH is 1. The molecule has 1 saturated heterocycles. The Labute approximate surface area is 151 Å². The second-order valence-corrected chi connectivity index (χ2v) is 6.88. The lowest BCUT2D eigenvalue weighted by atomic mass is 10.1. The van der Waals surface area contributed by atoms with E-state index in [1.54, 1.807) is 0 Å². The largest absolute Gasteiger partial charge is 0.392 e. The van der Waals surface area contributed by atoms with Crippen molar-refractivity contribution in [2.45, 2.75) is 13.2 Å². The second-order valence-electron chi connectivity index (χ2n) is 6.88. The lowest BCUT2D eigenvalue weighted by Crippen LogP contribution is -2.48. The van der Waals surface area contributed by atoms with Crippen LogP contribution in [0.15, 0.2) is 54.6 Å². The van der Waals surface area contributed by atoms with E-state index in [9.17, 15) is 0 Å². The maximum Gasteiger partial charge on any atom is 0.0681 e. The Bertz CT molecular complexity index is 621. The SMILES string of the molecule is CN(CCN1CCN(c2ccccc2)CC1)Cc1ccc(CO)cc1. The molecule has 3 rings (SSSR count). The molecule has 0 amide bonds. The van der Waals surface area contributed by atoms with Crippen molar-refractivity contribution in [1.29, 1.82) is 0 Å². The topological polar surface area (TPSA) is 30.0 Å². The molecule has 1 aliphatic rings. The van der Waals surface area contributed by atoms with E-state index < -0.39 is 0 Å². The highest BCUT2D eigenvalue weighted by molar-refractivity contribution is 5.46. The average molecular weight is 339 g/mol. The van der Waals surface area contributed by atoms with Crippen LogP contribution < -0.4 is 4.90 Å². The van der Waals surface area contributed by atoms with Crippen molar-refractivity contribution >= 4 is 5.69 Å². The quantitative estimate of drug-likeness (QED) is 0.839. The Kier molecular flexibility index (Phi) is 6.45. The fourth-order valence-corrected chi connectivity index (χ4v) is 3.32. The Morgan fingerprint density at radius 1 is 0.880 bits per heavy atom. The van der Waals surface area contributed by atoms with Gasteiger partial charge < -0.3 is 14.9 Å². The van der Waals surface area contributed by atoms with Gasteiger partial charge in [0.05, 0.1) is 6.61 Å². The zero-order chi connectivity index (χ0) is 17.5. The molecule has 2 aromatic carbocycles. The monoisotopic (exact) mass is 339 g/mol. The van der Waals surface area contributed by atoms with Crippen LogP contribution in [0.5, 0.6) is 0 Å². The standard InChI is InChI=1S/C21H29N3O/c1-22(17-19-7-9-20(18-25)10-8-19)11-12-23-13-15-24(16-14-23)21-5-3-2-4-6-21/h2-10,25H,11-18H2,1H3. The first-order valence-corrected chi connectivity index (χ1v) is 9.14. The first-order chi connectivity index (χ1) is 12.2. The summed E-state index contributed by atoms with van der Waals surface area (Å²) < 4.78 is 0. The fourth-order valence-electron chi connectivity index (χ4n) is 3.32. The van der Waals surface area contributed by atoms with E-state index in [0.717, 1.165) is 51.4 Å². The van der Waals surface area contributed by atoms with Crippen molar-refractivity contribution in [1.82, 2.24) is 9.80 Å². The molecule has 0 aromatic heterocycles. The van der Waals surface area contributed by atoms with Gasteiger partial charge in [0.2, 0.25) is 0 Å². The van der Waals surface area contributed by atoms with Gasteiger partial charge in [-0.15, -0.1) is 0 Å². The third-order valence-electron chi connectivity index (χ3n) is 4.95. The molecule has 0 bridgehead atoms. The average Bonchev–Trinajstić information content (AvgIpc) is 2.68. The van der Waals surface area contributed by atoms with Gasteiger partial charge >= 0.3 is 0 Å². The molecular formula is C21H29N3O. The molecule has 1 fully saturated rings. The molecule has 0 spiro atoms.